The van der Waals surface area contributed by atoms with Gasteiger partial charge >= 0.3 is 6.03 Å². The van der Waals surface area contributed by atoms with Gasteiger partial charge < -0.3 is 5.73 Å². The number of carbonyl (C=O) groups excluding carboxylic acids is 1. The zero-order valence-electron chi connectivity index (χ0n) is 8.43. The fourth-order valence-electron chi connectivity index (χ4n) is 1.35. The van der Waals surface area contributed by atoms with Crippen molar-refractivity contribution in [2.75, 3.05) is 0 Å². The number of carbonyl (C=O) groups is 1. The summed E-state index contributed by atoms with van der Waals surface area (Å²) >= 11 is 0. The fourth-order valence-corrected chi connectivity index (χ4v) is 1.35. The molecular formula is C8H14N4O2. The summed E-state index contributed by atoms with van der Waals surface area (Å²) in [5, 5.41) is 13.9. The molecule has 6 heteroatoms. The van der Waals surface area contributed by atoms with Crippen molar-refractivity contribution in [1.29, 1.82) is 0 Å². The minimum Gasteiger partial charge on any atom is -0.350 e. The normalized spacial score (nSPS) is 12.6. The van der Waals surface area contributed by atoms with Crippen molar-refractivity contribution >= 4 is 6.03 Å². The summed E-state index contributed by atoms with van der Waals surface area (Å²) in [6, 6.07) is -1.36. The average molecular weight is 198 g/mol. The van der Waals surface area contributed by atoms with Crippen molar-refractivity contribution in [3.8, 4) is 0 Å². The second-order valence-electron chi connectivity index (χ2n) is 3.20. The van der Waals surface area contributed by atoms with E-state index in [1.807, 2.05) is 0 Å². The zero-order chi connectivity index (χ0) is 10.9. The number of amides is 2. The third kappa shape index (κ3) is 1.85. The number of rotatable bonds is 2. The lowest BCUT2D eigenvalue weighted by Crippen LogP contribution is -2.34. The van der Waals surface area contributed by atoms with Crippen LogP contribution in [0.1, 0.15) is 24.2 Å². The molecule has 1 rings (SSSR count). The molecule has 14 heavy (non-hydrogen) atoms. The van der Waals surface area contributed by atoms with Gasteiger partial charge in [-0.2, -0.15) is 10.2 Å². The first-order chi connectivity index (χ1) is 6.43. The highest BCUT2D eigenvalue weighted by Crippen LogP contribution is 2.20. The summed E-state index contributed by atoms with van der Waals surface area (Å²) in [5.41, 5.74) is 6.48. The molecule has 3 N–H and O–H groups in total. The van der Waals surface area contributed by atoms with E-state index in [0.29, 0.717) is 5.06 Å². The number of nitrogens with zero attached hydrogens (tertiary/aromatic N) is 3. The Bertz CT molecular complexity index is 347. The Morgan fingerprint density at radius 3 is 2.71 bits per heavy atom. The lowest BCUT2D eigenvalue weighted by atomic mass is 10.1. The molecule has 0 spiro atoms. The molecule has 1 unspecified atom stereocenters. The van der Waals surface area contributed by atoms with Crippen molar-refractivity contribution < 1.29 is 10.0 Å². The van der Waals surface area contributed by atoms with Gasteiger partial charge in [-0.25, -0.2) is 4.79 Å². The molecule has 0 aromatic carbocycles. The molecule has 0 fully saturated rings. The van der Waals surface area contributed by atoms with Gasteiger partial charge in [0.2, 0.25) is 0 Å². The second-order valence-corrected chi connectivity index (χ2v) is 3.20. The van der Waals surface area contributed by atoms with Crippen molar-refractivity contribution in [1.82, 2.24) is 14.8 Å². The Morgan fingerprint density at radius 2 is 2.36 bits per heavy atom. The fraction of sp³-hybridized carbons (Fsp3) is 0.500. The summed E-state index contributed by atoms with van der Waals surface area (Å²) < 4.78 is 1.62. The predicted octanol–water partition coefficient (Wildman–Crippen LogP) is 0.559. The third-order valence-electron chi connectivity index (χ3n) is 2.09. The molecule has 1 heterocycles. The second kappa shape index (κ2) is 3.67. The van der Waals surface area contributed by atoms with Gasteiger partial charge in [0.05, 0.1) is 11.7 Å². The topological polar surface area (TPSA) is 84.4 Å². The minimum absolute atomic E-state index is 0.485. The molecule has 0 aliphatic carbocycles. The van der Waals surface area contributed by atoms with E-state index in [4.69, 9.17) is 5.73 Å². The van der Waals surface area contributed by atoms with E-state index in [-0.39, 0.29) is 0 Å². The van der Waals surface area contributed by atoms with Crippen LogP contribution in [0.2, 0.25) is 0 Å². The van der Waals surface area contributed by atoms with E-state index in [2.05, 4.69) is 5.10 Å². The SMILES string of the molecule is Cc1nn(C)cc1C(C)N(O)C(N)=O. The van der Waals surface area contributed by atoms with E-state index >= 15 is 0 Å². The number of hydrogen-bond donors (Lipinski definition) is 2. The van der Waals surface area contributed by atoms with Crippen LogP contribution in [-0.2, 0) is 7.05 Å². The van der Waals surface area contributed by atoms with Gasteiger partial charge in [-0.05, 0) is 13.8 Å². The molecule has 0 saturated heterocycles. The van der Waals surface area contributed by atoms with Gasteiger partial charge in [0.25, 0.3) is 0 Å². The first-order valence-corrected chi connectivity index (χ1v) is 4.21. The van der Waals surface area contributed by atoms with Crippen molar-refractivity contribution in [2.24, 2.45) is 12.8 Å². The standard InChI is InChI=1S/C8H14N4O2/c1-5-7(4-11(3)10-5)6(2)12(14)8(9)13/h4,6,14H,1-3H3,(H2,9,13). The number of aromatic nitrogens is 2. The predicted molar refractivity (Wildman–Crippen MR) is 49.6 cm³/mol. The van der Waals surface area contributed by atoms with Crippen LogP contribution in [0.15, 0.2) is 6.20 Å². The molecule has 6 nitrogen and oxygen atoms in total. The molecule has 1 aromatic heterocycles. The molecule has 0 aliphatic heterocycles. The highest BCUT2D eigenvalue weighted by Gasteiger charge is 2.20. The van der Waals surface area contributed by atoms with Gasteiger partial charge in [-0.3, -0.25) is 9.89 Å². The third-order valence-corrected chi connectivity index (χ3v) is 2.09. The Labute approximate surface area is 81.9 Å². The molecule has 0 bridgehead atoms. The number of primary amides is 1. The average Bonchev–Trinajstić information content (AvgIpc) is 2.42. The number of nitrogens with two attached hydrogens (primary N) is 1. The van der Waals surface area contributed by atoms with Crippen LogP contribution < -0.4 is 5.73 Å². The first kappa shape index (κ1) is 10.5. The van der Waals surface area contributed by atoms with Crippen LogP contribution in [0.25, 0.3) is 0 Å². The van der Waals surface area contributed by atoms with Gasteiger partial charge in [0, 0.05) is 18.8 Å². The highest BCUT2D eigenvalue weighted by atomic mass is 16.5. The maximum atomic E-state index is 10.7. The van der Waals surface area contributed by atoms with Gasteiger partial charge in [0.15, 0.2) is 0 Å². The van der Waals surface area contributed by atoms with Crippen molar-refractivity contribution in [3.05, 3.63) is 17.5 Å². The Morgan fingerprint density at radius 1 is 1.79 bits per heavy atom. The van der Waals surface area contributed by atoms with Gasteiger partial charge in [-0.1, -0.05) is 0 Å². The molecule has 78 valence electrons. The Balaban J connectivity index is 2.94. The largest absolute Gasteiger partial charge is 0.350 e. The molecule has 1 atom stereocenters. The van der Waals surface area contributed by atoms with Crippen LogP contribution >= 0.6 is 0 Å². The van der Waals surface area contributed by atoms with Crippen molar-refractivity contribution in [3.63, 3.8) is 0 Å². The van der Waals surface area contributed by atoms with E-state index in [0.717, 1.165) is 11.3 Å². The first-order valence-electron chi connectivity index (χ1n) is 4.21. The number of hydrogen-bond acceptors (Lipinski definition) is 3. The van der Waals surface area contributed by atoms with Gasteiger partial charge in [-0.15, -0.1) is 0 Å². The van der Waals surface area contributed by atoms with E-state index in [1.54, 1.807) is 31.8 Å². The molecule has 2 amide bonds. The molecule has 0 radical (unpaired) electrons. The minimum atomic E-state index is -0.874. The Hall–Kier alpha value is -1.56. The Kier molecular flexibility index (Phi) is 2.76. The summed E-state index contributed by atoms with van der Waals surface area (Å²) in [5.74, 6) is 0. The molecular weight excluding hydrogens is 184 g/mol. The van der Waals surface area contributed by atoms with Crippen molar-refractivity contribution in [2.45, 2.75) is 19.9 Å². The van der Waals surface area contributed by atoms with E-state index in [9.17, 15) is 10.0 Å². The van der Waals surface area contributed by atoms with Crippen LogP contribution in [0.5, 0.6) is 0 Å². The summed E-state index contributed by atoms with van der Waals surface area (Å²) in [7, 11) is 1.77. The van der Waals surface area contributed by atoms with Crippen LogP contribution in [0.3, 0.4) is 0 Å². The number of hydroxylamine groups is 2. The number of aryl methyl sites for hydroxylation is 2. The summed E-state index contributed by atoms with van der Waals surface area (Å²) in [4.78, 5) is 10.7. The maximum absolute atomic E-state index is 10.7. The van der Waals surface area contributed by atoms with Crippen LogP contribution in [0.4, 0.5) is 4.79 Å². The smallest absolute Gasteiger partial charge is 0.339 e. The lowest BCUT2D eigenvalue weighted by molar-refractivity contribution is -0.0711. The molecule has 1 aromatic rings. The summed E-state index contributed by atoms with van der Waals surface area (Å²) in [6.07, 6.45) is 1.74. The number of urea groups is 1. The molecule has 0 aliphatic rings. The maximum Gasteiger partial charge on any atom is 0.339 e. The zero-order valence-corrected chi connectivity index (χ0v) is 8.43. The lowest BCUT2D eigenvalue weighted by Gasteiger charge is -2.19. The monoisotopic (exact) mass is 198 g/mol. The quantitative estimate of drug-likeness (QED) is 0.538. The van der Waals surface area contributed by atoms with E-state index in [1.165, 1.54) is 0 Å². The van der Waals surface area contributed by atoms with Crippen LogP contribution in [-0.4, -0.2) is 26.1 Å². The van der Waals surface area contributed by atoms with Gasteiger partial charge in [0.1, 0.15) is 0 Å². The summed E-state index contributed by atoms with van der Waals surface area (Å²) in [6.45, 7) is 3.48. The highest BCUT2D eigenvalue weighted by molar-refractivity contribution is 5.71. The van der Waals surface area contributed by atoms with E-state index < -0.39 is 12.1 Å². The van der Waals surface area contributed by atoms with Crippen LogP contribution in [0, 0.1) is 6.92 Å². The molecule has 0 saturated carbocycles.